The molecule has 0 fully saturated rings. The summed E-state index contributed by atoms with van der Waals surface area (Å²) in [6.45, 7) is 28.3. The molecule has 434 valence electrons. The van der Waals surface area contributed by atoms with Crippen molar-refractivity contribution in [2.45, 2.75) is 110 Å². The Morgan fingerprint density at radius 3 is 1.55 bits per heavy atom. The van der Waals surface area contributed by atoms with Gasteiger partial charge in [0, 0.05) is 45.9 Å². The molecule has 10 aromatic carbocycles. The molecule has 0 unspecified atom stereocenters. The number of para-hydroxylation sites is 3. The van der Waals surface area contributed by atoms with Gasteiger partial charge in [-0.1, -0.05) is 241 Å². The second-order valence-electron chi connectivity index (χ2n) is 28.9. The van der Waals surface area contributed by atoms with Crippen molar-refractivity contribution in [2.75, 3.05) is 16.5 Å². The fraction of sp³-hybridized carbons (Fsp3) is 0.217. The minimum Gasteiger partial charge on any atom is -0.457 e. The number of aromatic nitrogens is 2. The third-order valence-corrected chi connectivity index (χ3v) is 19.1. The standard InChI is InChI=1S/C83H76N4O/c1-79(2,3)54-25-21-24-52(44-54)61-31-23-32-62(53-45-56(81(7,8)9)47-57(46-53)82(10,11)12)78(61)86-51-85(71-36-19-20-37-72(71)86)58-26-22-27-59(49-58)88-60-38-39-67-74(50-60)87(75-48-55(42-43-84-75)80(4,5)6)73-41-40-66-65-30-15-18-35-70(65)83(77(66)76(67)73)68-33-16-13-28-63(68)64-29-14-17-34-69(64)83/h13-50H,51H2,1-12H3. The predicted octanol–water partition coefficient (Wildman–Crippen LogP) is 22.1. The van der Waals surface area contributed by atoms with E-state index in [9.17, 15) is 0 Å². The highest BCUT2D eigenvalue weighted by Gasteiger charge is 2.53. The molecule has 88 heavy (non-hydrogen) atoms. The van der Waals surface area contributed by atoms with Gasteiger partial charge in [0.2, 0.25) is 0 Å². The summed E-state index contributed by atoms with van der Waals surface area (Å²) < 4.78 is 9.56. The molecule has 5 heteroatoms. The molecule has 0 N–H and O–H groups in total. The van der Waals surface area contributed by atoms with Crippen LogP contribution in [0.4, 0.5) is 22.7 Å². The summed E-state index contributed by atoms with van der Waals surface area (Å²) in [6.07, 6.45) is 1.97. The summed E-state index contributed by atoms with van der Waals surface area (Å²) in [6, 6.07) is 84.1. The van der Waals surface area contributed by atoms with E-state index in [0.29, 0.717) is 6.67 Å². The van der Waals surface area contributed by atoms with Crippen LogP contribution in [0.25, 0.3) is 72.1 Å². The van der Waals surface area contributed by atoms with Crippen LogP contribution in [0, 0.1) is 0 Å². The Bertz CT molecular complexity index is 4720. The largest absolute Gasteiger partial charge is 0.457 e. The molecule has 0 saturated carbocycles. The lowest BCUT2D eigenvalue weighted by molar-refractivity contribution is 0.483. The van der Waals surface area contributed by atoms with Crippen LogP contribution in [0.5, 0.6) is 11.5 Å². The average molecular weight is 1150 g/mol. The van der Waals surface area contributed by atoms with Crippen molar-refractivity contribution in [3.8, 4) is 61.8 Å². The first-order valence-corrected chi connectivity index (χ1v) is 31.4. The van der Waals surface area contributed by atoms with E-state index in [2.05, 4.69) is 322 Å². The molecule has 0 atom stereocenters. The van der Waals surface area contributed by atoms with Gasteiger partial charge in [-0.05, 0) is 154 Å². The molecule has 5 nitrogen and oxygen atoms in total. The Balaban J connectivity index is 0.873. The third kappa shape index (κ3) is 8.67. The molecule has 12 aromatic rings. The summed E-state index contributed by atoms with van der Waals surface area (Å²) in [5.74, 6) is 2.38. The van der Waals surface area contributed by atoms with E-state index in [1.54, 1.807) is 0 Å². The molecule has 0 bridgehead atoms. The number of benzene rings is 10. The van der Waals surface area contributed by atoms with E-state index >= 15 is 0 Å². The summed E-state index contributed by atoms with van der Waals surface area (Å²) in [5, 5.41) is 2.38. The molecule has 15 rings (SSSR count). The third-order valence-electron chi connectivity index (χ3n) is 19.1. The van der Waals surface area contributed by atoms with Gasteiger partial charge in [-0.3, -0.25) is 4.57 Å². The van der Waals surface area contributed by atoms with E-state index in [4.69, 9.17) is 9.72 Å². The SMILES string of the molecule is CC(C)(C)c1cccc(-c2cccc(-c3cc(C(C)(C)C)cc(C(C)(C)C)c3)c2N2CN(c3cccc(Oc4ccc5c6c7c(ccc6n(-c6cc(C(C)(C)C)ccn6)c5c4)-c4ccccc4C74c5ccccc5-c5ccccc54)c3)c3ccccc32)c1. The van der Waals surface area contributed by atoms with Crippen molar-refractivity contribution in [1.82, 2.24) is 9.55 Å². The Morgan fingerprint density at radius 2 is 0.909 bits per heavy atom. The van der Waals surface area contributed by atoms with Crippen LogP contribution < -0.4 is 14.5 Å². The van der Waals surface area contributed by atoms with Crippen LogP contribution in [0.1, 0.15) is 128 Å². The number of hydrogen-bond acceptors (Lipinski definition) is 4. The number of hydrogen-bond donors (Lipinski definition) is 0. The van der Waals surface area contributed by atoms with Gasteiger partial charge in [0.1, 0.15) is 24.0 Å². The smallest absolute Gasteiger partial charge is 0.137 e. The first-order valence-electron chi connectivity index (χ1n) is 31.4. The molecule has 1 spiro atoms. The molecule has 1 aliphatic heterocycles. The molecule has 0 saturated heterocycles. The lowest BCUT2D eigenvalue weighted by atomic mass is 9.69. The van der Waals surface area contributed by atoms with Gasteiger partial charge in [-0.15, -0.1) is 0 Å². The fourth-order valence-electron chi connectivity index (χ4n) is 14.6. The Labute approximate surface area is 519 Å². The fourth-order valence-corrected chi connectivity index (χ4v) is 14.6. The lowest BCUT2D eigenvalue weighted by Gasteiger charge is -2.31. The number of fused-ring (bicyclic) bond motifs is 15. The van der Waals surface area contributed by atoms with Crippen molar-refractivity contribution < 1.29 is 4.74 Å². The summed E-state index contributed by atoms with van der Waals surface area (Å²) in [5.41, 5.74) is 26.4. The van der Waals surface area contributed by atoms with E-state index < -0.39 is 5.41 Å². The minimum absolute atomic E-state index is 0.0211. The topological polar surface area (TPSA) is 33.5 Å². The zero-order chi connectivity index (χ0) is 60.8. The lowest BCUT2D eigenvalue weighted by Crippen LogP contribution is -2.26. The van der Waals surface area contributed by atoms with Crippen molar-refractivity contribution in [1.29, 1.82) is 0 Å². The van der Waals surface area contributed by atoms with Crippen LogP contribution in [-0.4, -0.2) is 16.2 Å². The molecular formula is C83H76N4O. The molecule has 2 aromatic heterocycles. The highest BCUT2D eigenvalue weighted by molar-refractivity contribution is 6.16. The predicted molar refractivity (Wildman–Crippen MR) is 369 cm³/mol. The first kappa shape index (κ1) is 55.2. The van der Waals surface area contributed by atoms with E-state index in [0.717, 1.165) is 50.8 Å². The highest BCUT2D eigenvalue weighted by atomic mass is 16.5. The van der Waals surface area contributed by atoms with E-state index in [-0.39, 0.29) is 21.7 Å². The van der Waals surface area contributed by atoms with Crippen LogP contribution in [-0.2, 0) is 27.1 Å². The molecule has 0 amide bonds. The van der Waals surface area contributed by atoms with E-state index in [1.807, 2.05) is 6.20 Å². The number of pyridine rings is 1. The van der Waals surface area contributed by atoms with Gasteiger partial charge in [0.25, 0.3) is 0 Å². The van der Waals surface area contributed by atoms with Gasteiger partial charge >= 0.3 is 0 Å². The number of nitrogens with zero attached hydrogens (tertiary/aromatic N) is 4. The normalized spacial score (nSPS) is 14.1. The summed E-state index contributed by atoms with van der Waals surface area (Å²) in [7, 11) is 0. The highest BCUT2D eigenvalue weighted by Crippen LogP contribution is 2.65. The number of rotatable bonds is 7. The van der Waals surface area contributed by atoms with Crippen molar-refractivity contribution in [2.24, 2.45) is 0 Å². The zero-order valence-corrected chi connectivity index (χ0v) is 52.8. The maximum atomic E-state index is 7.18. The van der Waals surface area contributed by atoms with Gasteiger partial charge < -0.3 is 14.5 Å². The van der Waals surface area contributed by atoms with Gasteiger partial charge in [0.05, 0.1) is 33.5 Å². The minimum atomic E-state index is -0.536. The molecule has 3 heterocycles. The Kier molecular flexibility index (Phi) is 12.4. The molecule has 0 radical (unpaired) electrons. The van der Waals surface area contributed by atoms with Crippen LogP contribution in [0.15, 0.2) is 231 Å². The molecule has 2 aliphatic carbocycles. The number of anilines is 4. The summed E-state index contributed by atoms with van der Waals surface area (Å²) >= 11 is 0. The average Bonchev–Trinajstić information content (AvgIpc) is 1.55. The van der Waals surface area contributed by atoms with Crippen LogP contribution >= 0.6 is 0 Å². The van der Waals surface area contributed by atoms with Crippen LogP contribution in [0.2, 0.25) is 0 Å². The molecular weight excluding hydrogens is 1070 g/mol. The van der Waals surface area contributed by atoms with E-state index in [1.165, 1.54) is 100 Å². The maximum absolute atomic E-state index is 7.18. The van der Waals surface area contributed by atoms with Gasteiger partial charge in [-0.2, -0.15) is 0 Å². The monoisotopic (exact) mass is 1140 g/mol. The van der Waals surface area contributed by atoms with Crippen LogP contribution in [0.3, 0.4) is 0 Å². The second kappa shape index (κ2) is 19.8. The Hall–Kier alpha value is -9.45. The first-order chi connectivity index (χ1) is 42.2. The van der Waals surface area contributed by atoms with Gasteiger partial charge in [-0.25, -0.2) is 4.98 Å². The van der Waals surface area contributed by atoms with Crippen molar-refractivity contribution in [3.05, 3.63) is 275 Å². The second-order valence-corrected chi connectivity index (χ2v) is 28.9. The quantitative estimate of drug-likeness (QED) is 0.159. The number of ether oxygens (including phenoxy) is 1. The molecule has 3 aliphatic rings. The summed E-state index contributed by atoms with van der Waals surface area (Å²) in [4.78, 5) is 10.2. The van der Waals surface area contributed by atoms with Gasteiger partial charge in [0.15, 0.2) is 0 Å². The van der Waals surface area contributed by atoms with Crippen molar-refractivity contribution in [3.63, 3.8) is 0 Å². The Morgan fingerprint density at radius 1 is 0.386 bits per heavy atom. The maximum Gasteiger partial charge on any atom is 0.137 e. The zero-order valence-electron chi connectivity index (χ0n) is 52.8. The van der Waals surface area contributed by atoms with Crippen molar-refractivity contribution >= 4 is 44.6 Å².